The molecule has 6 N–H and O–H groups in total. The van der Waals surface area contributed by atoms with Crippen LogP contribution < -0.4 is 21.3 Å². The minimum Gasteiger partial charge on any atom is -0.469 e. The van der Waals surface area contributed by atoms with Gasteiger partial charge in [0.1, 0.15) is 17.2 Å². The highest BCUT2D eigenvalue weighted by Crippen LogP contribution is 2.48. The van der Waals surface area contributed by atoms with Gasteiger partial charge in [0.15, 0.2) is 11.6 Å². The van der Waals surface area contributed by atoms with E-state index in [2.05, 4.69) is 27.1 Å². The predicted molar refractivity (Wildman–Crippen MR) is 120 cm³/mol. The number of carbonyl (C=O) groups excluding carboxylic acids is 1. The lowest BCUT2D eigenvalue weighted by molar-refractivity contribution is -0.117. The summed E-state index contributed by atoms with van der Waals surface area (Å²) in [4.78, 5) is 25.7. The third-order valence-electron chi connectivity index (χ3n) is 3.72. The van der Waals surface area contributed by atoms with Gasteiger partial charge in [-0.2, -0.15) is 0 Å². The zero-order chi connectivity index (χ0) is 24.6. The first-order chi connectivity index (χ1) is 15.5. The van der Waals surface area contributed by atoms with Crippen LogP contribution in [0.2, 0.25) is 0 Å². The molecule has 0 bridgehead atoms. The second kappa shape index (κ2) is 11.4. The minimum absolute atomic E-state index is 0.0138. The molecule has 0 saturated carbocycles. The van der Waals surface area contributed by atoms with Gasteiger partial charge in [0.05, 0.1) is 13.2 Å². The molecule has 1 amide bonds. The normalized spacial score (nSPS) is 14.7. The molecule has 2 rings (SSSR count). The molecule has 1 aromatic heterocycles. The van der Waals surface area contributed by atoms with Gasteiger partial charge in [-0.3, -0.25) is 9.69 Å². The van der Waals surface area contributed by atoms with E-state index in [4.69, 9.17) is 30.0 Å². The van der Waals surface area contributed by atoms with Gasteiger partial charge in [0.2, 0.25) is 12.2 Å². The van der Waals surface area contributed by atoms with Crippen LogP contribution >= 0.6 is 7.82 Å². The Morgan fingerprint density at radius 2 is 1.88 bits per heavy atom. The molecule has 14 heteroatoms. The van der Waals surface area contributed by atoms with E-state index in [-0.39, 0.29) is 34.7 Å². The fourth-order valence-corrected chi connectivity index (χ4v) is 3.04. The van der Waals surface area contributed by atoms with Crippen molar-refractivity contribution in [3.8, 4) is 5.75 Å². The predicted octanol–water partition coefficient (Wildman–Crippen LogP) is 3.34. The number of rotatable bonds is 11. The topological polar surface area (TPSA) is 193 Å². The van der Waals surface area contributed by atoms with E-state index in [1.165, 1.54) is 45.2 Å². The molecule has 33 heavy (non-hydrogen) atoms. The van der Waals surface area contributed by atoms with Crippen LogP contribution in [0.4, 0.5) is 23.0 Å². The zero-order valence-electron chi connectivity index (χ0n) is 18.2. The van der Waals surface area contributed by atoms with Gasteiger partial charge in [-0.05, 0) is 44.7 Å². The number of anilines is 2. The molecule has 3 atom stereocenters. The number of benzene rings is 1. The Kier molecular flexibility index (Phi) is 8.88. The number of nitrogens with one attached hydrogen (secondary N) is 1. The Bertz CT molecular complexity index is 1080. The van der Waals surface area contributed by atoms with Crippen molar-refractivity contribution in [2.45, 2.75) is 26.2 Å². The van der Waals surface area contributed by atoms with Crippen LogP contribution in [-0.2, 0) is 23.4 Å². The summed E-state index contributed by atoms with van der Waals surface area (Å²) in [5.74, 6) is -0.434. The van der Waals surface area contributed by atoms with Crippen LogP contribution in [0.15, 0.2) is 59.2 Å². The van der Waals surface area contributed by atoms with Crippen LogP contribution in [0, 0.1) is 0 Å². The summed E-state index contributed by atoms with van der Waals surface area (Å²) in [6.45, 7) is 6.31. The van der Waals surface area contributed by atoms with E-state index in [0.717, 1.165) is 0 Å². The molecule has 0 fully saturated rings. The number of hydrogen-bond acceptors (Lipinski definition) is 11. The lowest BCUT2D eigenvalue weighted by Crippen LogP contribution is -2.32. The smallest absolute Gasteiger partial charge is 0.469 e. The average molecular weight is 480 g/mol. The van der Waals surface area contributed by atoms with E-state index in [0.29, 0.717) is 0 Å². The molecular formula is C19H25N6O7P. The largest absolute Gasteiger partial charge is 0.530 e. The van der Waals surface area contributed by atoms with Gasteiger partial charge in [-0.1, -0.05) is 12.1 Å². The van der Waals surface area contributed by atoms with E-state index in [1.807, 2.05) is 0 Å². The van der Waals surface area contributed by atoms with Crippen molar-refractivity contribution >= 4 is 36.7 Å². The molecule has 13 nitrogen and oxygen atoms in total. The highest BCUT2D eigenvalue weighted by Gasteiger charge is 2.28. The number of nitrogens with two attached hydrogens (primary N) is 2. The first kappa shape index (κ1) is 25.7. The molecule has 0 aliphatic rings. The number of carbonyl (C=O) groups is 1. The number of hydrogen-bond donors (Lipinski definition) is 4. The molecule has 1 heterocycles. The Balaban J connectivity index is 2.15. The van der Waals surface area contributed by atoms with Crippen molar-refractivity contribution in [1.29, 1.82) is 0 Å². The third-order valence-corrected chi connectivity index (χ3v) is 4.71. The van der Waals surface area contributed by atoms with Crippen LogP contribution in [0.5, 0.6) is 5.75 Å². The molecule has 1 aromatic carbocycles. The van der Waals surface area contributed by atoms with Crippen LogP contribution in [-0.4, -0.2) is 35.2 Å². The van der Waals surface area contributed by atoms with Gasteiger partial charge >= 0.3 is 7.82 Å². The van der Waals surface area contributed by atoms with E-state index < -0.39 is 26.1 Å². The lowest BCUT2D eigenvalue weighted by Gasteiger charge is -2.19. The van der Waals surface area contributed by atoms with Gasteiger partial charge in [0.25, 0.3) is 5.95 Å². The number of pyridine rings is 1. The molecule has 0 radical (unpaired) electrons. The first-order valence-corrected chi connectivity index (χ1v) is 10.9. The van der Waals surface area contributed by atoms with Crippen molar-refractivity contribution in [2.24, 2.45) is 16.0 Å². The van der Waals surface area contributed by atoms with Crippen molar-refractivity contribution in [1.82, 2.24) is 4.98 Å². The number of azo groups is 1. The number of aromatic nitrogens is 1. The molecule has 2 aromatic rings. The second-order valence-corrected chi connectivity index (χ2v) is 7.80. The average Bonchev–Trinajstić information content (AvgIpc) is 2.73. The number of ether oxygens (including phenoxy) is 2. The number of amides is 1. The number of para-hydroxylation sites is 1. The molecule has 0 spiro atoms. The molecule has 0 saturated heterocycles. The number of phosphoric acid groups is 1. The summed E-state index contributed by atoms with van der Waals surface area (Å²) >= 11 is 0. The molecule has 0 aliphatic carbocycles. The van der Waals surface area contributed by atoms with E-state index in [1.54, 1.807) is 12.1 Å². The van der Waals surface area contributed by atoms with E-state index >= 15 is 0 Å². The van der Waals surface area contributed by atoms with Gasteiger partial charge in [-0.15, -0.1) is 10.2 Å². The van der Waals surface area contributed by atoms with Crippen molar-refractivity contribution in [3.63, 3.8) is 0 Å². The number of phosphoric ester groups is 1. The highest BCUT2D eigenvalue weighted by atomic mass is 31.2. The van der Waals surface area contributed by atoms with Crippen LogP contribution in [0.3, 0.4) is 0 Å². The second-order valence-electron chi connectivity index (χ2n) is 6.47. The summed E-state index contributed by atoms with van der Waals surface area (Å²) in [6.07, 6.45) is -1.19. The molecular weight excluding hydrogens is 455 g/mol. The van der Waals surface area contributed by atoms with Gasteiger partial charge in [0, 0.05) is 0 Å². The summed E-state index contributed by atoms with van der Waals surface area (Å²) < 4.78 is 32.1. The summed E-state index contributed by atoms with van der Waals surface area (Å²) in [7, 11) is -3.29. The van der Waals surface area contributed by atoms with Crippen LogP contribution in [0.1, 0.15) is 13.8 Å². The lowest BCUT2D eigenvalue weighted by atomic mass is 10.3. The Labute approximate surface area is 190 Å². The van der Waals surface area contributed by atoms with E-state index in [9.17, 15) is 14.3 Å². The summed E-state index contributed by atoms with van der Waals surface area (Å²) in [5, 5.41) is 10.5. The first-order valence-electron chi connectivity index (χ1n) is 9.45. The maximum atomic E-state index is 12.3. The Morgan fingerprint density at radius 1 is 1.21 bits per heavy atom. The van der Waals surface area contributed by atoms with Gasteiger partial charge < -0.3 is 30.8 Å². The molecule has 178 valence electrons. The maximum Gasteiger partial charge on any atom is 0.530 e. The van der Waals surface area contributed by atoms with Crippen molar-refractivity contribution in [3.05, 3.63) is 48.9 Å². The minimum atomic E-state index is -4.61. The summed E-state index contributed by atoms with van der Waals surface area (Å²) in [5.41, 5.74) is 11.7. The Morgan fingerprint density at radius 3 is 2.52 bits per heavy atom. The monoisotopic (exact) mass is 480 g/mol. The number of nitrogen functional groups attached to an aromatic ring is 1. The molecule has 0 aliphatic heterocycles. The maximum absolute atomic E-state index is 12.3. The Hall–Kier alpha value is -3.51. The highest BCUT2D eigenvalue weighted by molar-refractivity contribution is 7.47. The summed E-state index contributed by atoms with van der Waals surface area (Å²) in [6, 6.07) is 8.30. The number of methoxy groups -OCH3 is 1. The SMILES string of the molecule is C=C(OC)OC(C)OP(=O)(O)Oc1ccccc1/N=N/c1ccc(NC(=O)[C@H](C)N)nc1N. The quantitative estimate of drug-likeness (QED) is 0.160. The molecule has 2 unspecified atom stereocenters. The van der Waals surface area contributed by atoms with Crippen molar-refractivity contribution < 1.29 is 32.8 Å². The number of nitrogens with zero attached hydrogens (tertiary/aromatic N) is 3. The fourth-order valence-electron chi connectivity index (χ4n) is 2.17. The third kappa shape index (κ3) is 8.16. The van der Waals surface area contributed by atoms with Crippen LogP contribution in [0.25, 0.3) is 0 Å². The fraction of sp³-hybridized carbons (Fsp3) is 0.263. The van der Waals surface area contributed by atoms with Gasteiger partial charge in [-0.25, -0.2) is 14.1 Å². The van der Waals surface area contributed by atoms with Crippen molar-refractivity contribution in [2.75, 3.05) is 18.2 Å². The zero-order valence-corrected chi connectivity index (χ0v) is 19.1. The standard InChI is InChI=1S/C19H25N6O7P/c1-11(20)19(26)23-17-10-9-15(18(21)22-17)25-24-14-7-5-6-8-16(14)32-33(27,28)31-13(3)30-12(2)29-4/h5-11,13H,2,20H2,1,3-4H3,(H,27,28)(H3,21,22,23,26)/b25-24+/t11-,13?/m0/s1.